The Bertz CT molecular complexity index is 279. The molecule has 0 amide bonds. The average molecular weight is 313 g/mol. The molecule has 3 heterocycles. The zero-order valence-corrected chi connectivity index (χ0v) is 14.0. The van der Waals surface area contributed by atoms with Gasteiger partial charge in [0.25, 0.3) is 0 Å². The molecular formula is C17H35N3O2. The highest BCUT2D eigenvalue weighted by molar-refractivity contribution is 4.82. The van der Waals surface area contributed by atoms with Gasteiger partial charge in [0.2, 0.25) is 0 Å². The van der Waals surface area contributed by atoms with E-state index in [-0.39, 0.29) is 0 Å². The van der Waals surface area contributed by atoms with E-state index in [1.165, 1.54) is 58.2 Å². The van der Waals surface area contributed by atoms with Gasteiger partial charge in [-0.05, 0) is 76.5 Å². The Morgan fingerprint density at radius 2 is 1.55 bits per heavy atom. The third kappa shape index (κ3) is 6.13. The third-order valence-corrected chi connectivity index (χ3v) is 5.29. The molecule has 0 radical (unpaired) electrons. The first kappa shape index (κ1) is 18.1. The van der Waals surface area contributed by atoms with Crippen LogP contribution in [0.4, 0.5) is 0 Å². The van der Waals surface area contributed by atoms with Gasteiger partial charge in [-0.25, -0.2) is 0 Å². The van der Waals surface area contributed by atoms with Crippen molar-refractivity contribution in [3.63, 3.8) is 0 Å². The van der Waals surface area contributed by atoms with Crippen LogP contribution in [0.5, 0.6) is 0 Å². The van der Waals surface area contributed by atoms with Crippen molar-refractivity contribution in [2.45, 2.75) is 44.6 Å². The molecular weight excluding hydrogens is 278 g/mol. The van der Waals surface area contributed by atoms with Crippen LogP contribution < -0.4 is 10.6 Å². The predicted octanol–water partition coefficient (Wildman–Crippen LogP) is 0.421. The molecule has 0 aromatic carbocycles. The molecule has 2 unspecified atom stereocenters. The molecule has 3 rings (SSSR count). The SMILES string of the molecule is OCC1CCCN(C2CCNCC2)C1.OCC1CCCNC1. The normalized spacial score (nSPS) is 31.4. The highest BCUT2D eigenvalue weighted by atomic mass is 16.3. The Balaban J connectivity index is 0.000000188. The molecule has 2 atom stereocenters. The van der Waals surface area contributed by atoms with Gasteiger partial charge in [0.1, 0.15) is 0 Å². The minimum Gasteiger partial charge on any atom is -0.396 e. The first-order valence-corrected chi connectivity index (χ1v) is 9.20. The molecule has 4 N–H and O–H groups in total. The Morgan fingerprint density at radius 3 is 2.14 bits per heavy atom. The summed E-state index contributed by atoms with van der Waals surface area (Å²) in [7, 11) is 0. The largest absolute Gasteiger partial charge is 0.396 e. The quantitative estimate of drug-likeness (QED) is 0.608. The van der Waals surface area contributed by atoms with E-state index in [0.29, 0.717) is 25.0 Å². The van der Waals surface area contributed by atoms with E-state index < -0.39 is 0 Å². The average Bonchev–Trinajstić information content (AvgIpc) is 2.64. The molecule has 130 valence electrons. The van der Waals surface area contributed by atoms with Crippen LogP contribution in [0.25, 0.3) is 0 Å². The summed E-state index contributed by atoms with van der Waals surface area (Å²) in [6.07, 6.45) is 7.50. The Kier molecular flexibility index (Phi) is 8.70. The molecule has 3 fully saturated rings. The Labute approximate surface area is 135 Å². The van der Waals surface area contributed by atoms with Crippen molar-refractivity contribution < 1.29 is 10.2 Å². The molecule has 0 spiro atoms. The fourth-order valence-corrected chi connectivity index (χ4v) is 3.83. The van der Waals surface area contributed by atoms with E-state index in [4.69, 9.17) is 10.2 Å². The first-order chi connectivity index (χ1) is 10.8. The number of hydrogen-bond acceptors (Lipinski definition) is 5. The second-order valence-corrected chi connectivity index (χ2v) is 7.06. The number of piperidine rings is 3. The van der Waals surface area contributed by atoms with E-state index >= 15 is 0 Å². The standard InChI is InChI=1S/C11H22N2O.C6H13NO/c14-9-10-2-1-7-13(8-10)11-3-5-12-6-4-11;8-5-6-2-1-3-7-4-6/h10-12,14H,1-9H2;6-8H,1-5H2. The molecule has 3 aliphatic rings. The number of aliphatic hydroxyl groups excluding tert-OH is 2. The summed E-state index contributed by atoms with van der Waals surface area (Å²) in [6.45, 7) is 7.60. The minimum atomic E-state index is 0.354. The summed E-state index contributed by atoms with van der Waals surface area (Å²) in [5.41, 5.74) is 0. The maximum Gasteiger partial charge on any atom is 0.0471 e. The lowest BCUT2D eigenvalue weighted by Crippen LogP contribution is -2.47. The Hall–Kier alpha value is -0.200. The lowest BCUT2D eigenvalue weighted by molar-refractivity contribution is 0.0751. The van der Waals surface area contributed by atoms with E-state index in [9.17, 15) is 0 Å². The second-order valence-electron chi connectivity index (χ2n) is 7.06. The smallest absolute Gasteiger partial charge is 0.0471 e. The van der Waals surface area contributed by atoms with Crippen molar-refractivity contribution in [3.8, 4) is 0 Å². The molecule has 0 aromatic rings. The molecule has 0 saturated carbocycles. The van der Waals surface area contributed by atoms with Gasteiger partial charge in [-0.1, -0.05) is 0 Å². The molecule has 22 heavy (non-hydrogen) atoms. The third-order valence-electron chi connectivity index (χ3n) is 5.29. The van der Waals surface area contributed by atoms with E-state index in [1.54, 1.807) is 0 Å². The molecule has 0 bridgehead atoms. The lowest BCUT2D eigenvalue weighted by Gasteiger charge is -2.39. The van der Waals surface area contributed by atoms with Crippen LogP contribution in [0, 0.1) is 11.8 Å². The zero-order chi connectivity index (χ0) is 15.6. The van der Waals surface area contributed by atoms with Gasteiger partial charge in [-0.3, -0.25) is 4.90 Å². The molecule has 0 aliphatic carbocycles. The summed E-state index contributed by atoms with van der Waals surface area (Å²) in [4.78, 5) is 2.60. The number of hydrogen-bond donors (Lipinski definition) is 4. The van der Waals surface area contributed by atoms with Gasteiger partial charge in [-0.15, -0.1) is 0 Å². The maximum absolute atomic E-state index is 9.17. The number of nitrogens with zero attached hydrogens (tertiary/aromatic N) is 1. The number of nitrogens with one attached hydrogen (secondary N) is 2. The summed E-state index contributed by atoms with van der Waals surface area (Å²) < 4.78 is 0. The summed E-state index contributed by atoms with van der Waals surface area (Å²) in [5, 5.41) is 24.4. The van der Waals surface area contributed by atoms with Gasteiger partial charge >= 0.3 is 0 Å². The monoisotopic (exact) mass is 313 g/mol. The van der Waals surface area contributed by atoms with Crippen molar-refractivity contribution in [1.82, 2.24) is 15.5 Å². The molecule has 0 aromatic heterocycles. The fraction of sp³-hybridized carbons (Fsp3) is 1.00. The van der Waals surface area contributed by atoms with E-state index in [1.807, 2.05) is 0 Å². The van der Waals surface area contributed by atoms with Gasteiger partial charge in [-0.2, -0.15) is 0 Å². The predicted molar refractivity (Wildman–Crippen MR) is 90.0 cm³/mol. The maximum atomic E-state index is 9.17. The summed E-state index contributed by atoms with van der Waals surface area (Å²) >= 11 is 0. The van der Waals surface area contributed by atoms with Gasteiger partial charge < -0.3 is 20.8 Å². The van der Waals surface area contributed by atoms with Crippen molar-refractivity contribution in [2.75, 3.05) is 52.5 Å². The minimum absolute atomic E-state index is 0.354. The van der Waals surface area contributed by atoms with Crippen LogP contribution >= 0.6 is 0 Å². The summed E-state index contributed by atoms with van der Waals surface area (Å²) in [5.74, 6) is 1.07. The number of aliphatic hydroxyl groups is 2. The first-order valence-electron chi connectivity index (χ1n) is 9.20. The second kappa shape index (κ2) is 10.6. The van der Waals surface area contributed by atoms with Crippen molar-refractivity contribution in [1.29, 1.82) is 0 Å². The van der Waals surface area contributed by atoms with Gasteiger partial charge in [0.05, 0.1) is 0 Å². The highest BCUT2D eigenvalue weighted by Crippen LogP contribution is 2.21. The lowest BCUT2D eigenvalue weighted by atomic mass is 9.95. The summed E-state index contributed by atoms with van der Waals surface area (Å²) in [6, 6.07) is 0.783. The van der Waals surface area contributed by atoms with Crippen LogP contribution in [0.3, 0.4) is 0 Å². The van der Waals surface area contributed by atoms with Crippen molar-refractivity contribution in [2.24, 2.45) is 11.8 Å². The number of rotatable bonds is 3. The number of likely N-dealkylation sites (tertiary alicyclic amines) is 1. The van der Waals surface area contributed by atoms with Gasteiger partial charge in [0, 0.05) is 32.3 Å². The molecule has 3 aliphatic heterocycles. The van der Waals surface area contributed by atoms with Crippen molar-refractivity contribution in [3.05, 3.63) is 0 Å². The molecule has 3 saturated heterocycles. The van der Waals surface area contributed by atoms with Crippen LogP contribution in [0.2, 0.25) is 0 Å². The molecule has 5 nitrogen and oxygen atoms in total. The fourth-order valence-electron chi connectivity index (χ4n) is 3.83. The van der Waals surface area contributed by atoms with Crippen LogP contribution in [0.15, 0.2) is 0 Å². The van der Waals surface area contributed by atoms with Crippen molar-refractivity contribution >= 4 is 0 Å². The van der Waals surface area contributed by atoms with Crippen LogP contribution in [-0.4, -0.2) is 73.6 Å². The van der Waals surface area contributed by atoms with Crippen LogP contribution in [-0.2, 0) is 0 Å². The zero-order valence-electron chi connectivity index (χ0n) is 14.0. The van der Waals surface area contributed by atoms with E-state index in [2.05, 4.69) is 15.5 Å². The van der Waals surface area contributed by atoms with Crippen LogP contribution in [0.1, 0.15) is 38.5 Å². The topological polar surface area (TPSA) is 67.8 Å². The highest BCUT2D eigenvalue weighted by Gasteiger charge is 2.26. The molecule has 5 heteroatoms. The van der Waals surface area contributed by atoms with E-state index in [0.717, 1.165) is 25.7 Å². The Morgan fingerprint density at radius 1 is 0.818 bits per heavy atom. The van der Waals surface area contributed by atoms with Gasteiger partial charge in [0.15, 0.2) is 0 Å².